The van der Waals surface area contributed by atoms with Gasteiger partial charge in [0, 0.05) is 42.0 Å². The van der Waals surface area contributed by atoms with Crippen LogP contribution >= 0.6 is 11.3 Å². The largest absolute Gasteiger partial charge is 0.335 e. The SMILES string of the molecule is CC(C)(C)n1c2ccccc2c2cc3sc4ccccc4c3cc21. The summed E-state index contributed by atoms with van der Waals surface area (Å²) >= 11 is 1.89. The van der Waals surface area contributed by atoms with Crippen LogP contribution in [0.3, 0.4) is 0 Å². The first-order chi connectivity index (χ1) is 11.5. The molecule has 5 aromatic rings. The molecule has 0 fully saturated rings. The van der Waals surface area contributed by atoms with Crippen molar-refractivity contribution in [2.75, 3.05) is 0 Å². The lowest BCUT2D eigenvalue weighted by Crippen LogP contribution is -2.21. The number of hydrogen-bond donors (Lipinski definition) is 0. The van der Waals surface area contributed by atoms with Crippen LogP contribution in [0.4, 0.5) is 0 Å². The van der Waals surface area contributed by atoms with Crippen LogP contribution < -0.4 is 0 Å². The van der Waals surface area contributed by atoms with Gasteiger partial charge in [0.25, 0.3) is 0 Å². The van der Waals surface area contributed by atoms with Gasteiger partial charge < -0.3 is 4.57 Å². The summed E-state index contributed by atoms with van der Waals surface area (Å²) in [4.78, 5) is 0. The average molecular weight is 329 g/mol. The van der Waals surface area contributed by atoms with E-state index < -0.39 is 0 Å². The Labute approximate surface area is 145 Å². The zero-order valence-electron chi connectivity index (χ0n) is 14.1. The Kier molecular flexibility index (Phi) is 2.70. The molecule has 24 heavy (non-hydrogen) atoms. The third-order valence-corrected chi connectivity index (χ3v) is 5.98. The number of para-hydroxylation sites is 1. The van der Waals surface area contributed by atoms with E-state index in [2.05, 4.69) is 86.0 Å². The lowest BCUT2D eigenvalue weighted by molar-refractivity contribution is 0.423. The van der Waals surface area contributed by atoms with Gasteiger partial charge in [-0.1, -0.05) is 36.4 Å². The second-order valence-corrected chi connectivity index (χ2v) is 8.57. The van der Waals surface area contributed by atoms with E-state index in [9.17, 15) is 0 Å². The van der Waals surface area contributed by atoms with Crippen LogP contribution in [0.2, 0.25) is 0 Å². The van der Waals surface area contributed by atoms with Gasteiger partial charge in [0.2, 0.25) is 0 Å². The second kappa shape index (κ2) is 4.61. The number of nitrogens with zero attached hydrogens (tertiary/aromatic N) is 1. The van der Waals surface area contributed by atoms with Crippen LogP contribution in [0.1, 0.15) is 20.8 Å². The van der Waals surface area contributed by atoms with Crippen molar-refractivity contribution in [2.45, 2.75) is 26.3 Å². The maximum Gasteiger partial charge on any atom is 0.0503 e. The van der Waals surface area contributed by atoms with E-state index in [0.717, 1.165) is 0 Å². The highest BCUT2D eigenvalue weighted by atomic mass is 32.1. The summed E-state index contributed by atoms with van der Waals surface area (Å²) in [6.07, 6.45) is 0. The molecule has 0 unspecified atom stereocenters. The molecule has 5 rings (SSSR count). The van der Waals surface area contributed by atoms with Gasteiger partial charge in [0.1, 0.15) is 0 Å². The Morgan fingerprint density at radius 3 is 2.17 bits per heavy atom. The van der Waals surface area contributed by atoms with Crippen molar-refractivity contribution in [3.8, 4) is 0 Å². The van der Waals surface area contributed by atoms with Crippen molar-refractivity contribution in [1.29, 1.82) is 0 Å². The molecule has 0 bridgehead atoms. The van der Waals surface area contributed by atoms with Crippen molar-refractivity contribution in [1.82, 2.24) is 4.57 Å². The third kappa shape index (κ3) is 1.81. The van der Waals surface area contributed by atoms with Crippen LogP contribution in [0, 0.1) is 0 Å². The minimum atomic E-state index is 0.0425. The van der Waals surface area contributed by atoms with E-state index >= 15 is 0 Å². The van der Waals surface area contributed by atoms with E-state index in [-0.39, 0.29) is 5.54 Å². The molecule has 0 aliphatic rings. The summed E-state index contributed by atoms with van der Waals surface area (Å²) in [6, 6.07) is 22.3. The highest BCUT2D eigenvalue weighted by Crippen LogP contribution is 2.41. The van der Waals surface area contributed by atoms with Gasteiger partial charge in [-0.15, -0.1) is 11.3 Å². The molecule has 0 radical (unpaired) electrons. The van der Waals surface area contributed by atoms with Crippen molar-refractivity contribution >= 4 is 53.3 Å². The summed E-state index contributed by atoms with van der Waals surface area (Å²) in [5, 5.41) is 5.45. The first kappa shape index (κ1) is 14.1. The predicted molar refractivity (Wildman–Crippen MR) is 107 cm³/mol. The summed E-state index contributed by atoms with van der Waals surface area (Å²) < 4.78 is 5.23. The minimum Gasteiger partial charge on any atom is -0.335 e. The van der Waals surface area contributed by atoms with Crippen LogP contribution in [0.15, 0.2) is 60.7 Å². The number of aromatic nitrogens is 1. The molecule has 0 amide bonds. The molecule has 2 aromatic heterocycles. The fourth-order valence-corrected chi connectivity index (χ4v) is 5.04. The Morgan fingerprint density at radius 2 is 1.38 bits per heavy atom. The zero-order chi connectivity index (χ0) is 16.5. The van der Waals surface area contributed by atoms with E-state index in [4.69, 9.17) is 0 Å². The number of hydrogen-bond acceptors (Lipinski definition) is 1. The minimum absolute atomic E-state index is 0.0425. The van der Waals surface area contributed by atoms with E-state index in [1.54, 1.807) is 0 Å². The fourth-order valence-electron chi connectivity index (χ4n) is 3.91. The zero-order valence-corrected chi connectivity index (χ0v) is 14.9. The lowest BCUT2D eigenvalue weighted by Gasteiger charge is -2.24. The number of fused-ring (bicyclic) bond motifs is 6. The predicted octanol–water partition coefficient (Wildman–Crippen LogP) is 6.92. The maximum absolute atomic E-state index is 2.49. The van der Waals surface area contributed by atoms with Crippen molar-refractivity contribution < 1.29 is 0 Å². The molecular formula is C22H19NS. The maximum atomic E-state index is 2.49. The van der Waals surface area contributed by atoms with E-state index in [0.29, 0.717) is 0 Å². The molecule has 0 spiro atoms. The molecular weight excluding hydrogens is 310 g/mol. The molecule has 0 N–H and O–H groups in total. The molecule has 2 heteroatoms. The second-order valence-electron chi connectivity index (χ2n) is 7.49. The van der Waals surface area contributed by atoms with Crippen LogP contribution in [0.5, 0.6) is 0 Å². The average Bonchev–Trinajstić information content (AvgIpc) is 3.07. The monoisotopic (exact) mass is 329 g/mol. The molecule has 0 saturated heterocycles. The summed E-state index contributed by atoms with van der Waals surface area (Å²) in [7, 11) is 0. The topological polar surface area (TPSA) is 4.93 Å². The Bertz CT molecular complexity index is 1230. The van der Waals surface area contributed by atoms with Gasteiger partial charge in [-0.05, 0) is 45.0 Å². The summed E-state index contributed by atoms with van der Waals surface area (Å²) in [5.41, 5.74) is 2.70. The quantitative estimate of drug-likeness (QED) is 0.291. The first-order valence-corrected chi connectivity index (χ1v) is 9.20. The van der Waals surface area contributed by atoms with Gasteiger partial charge in [-0.3, -0.25) is 0 Å². The molecule has 0 saturated carbocycles. The number of rotatable bonds is 0. The number of thiophene rings is 1. The van der Waals surface area contributed by atoms with Gasteiger partial charge >= 0.3 is 0 Å². The highest BCUT2D eigenvalue weighted by Gasteiger charge is 2.21. The fraction of sp³-hybridized carbons (Fsp3) is 0.182. The standard InChI is InChI=1S/C22H19NS/c1-22(2,3)23-18-10-6-4-8-14(18)16-13-21-17(12-19(16)23)15-9-5-7-11-20(15)24-21/h4-13H,1-3H3. The molecule has 1 nitrogen and oxygen atoms in total. The van der Waals surface area contributed by atoms with Gasteiger partial charge in [-0.2, -0.15) is 0 Å². The molecule has 3 aromatic carbocycles. The molecule has 2 heterocycles. The van der Waals surface area contributed by atoms with Gasteiger partial charge in [-0.25, -0.2) is 0 Å². The van der Waals surface area contributed by atoms with Crippen LogP contribution in [-0.2, 0) is 5.54 Å². The first-order valence-electron chi connectivity index (χ1n) is 8.39. The highest BCUT2D eigenvalue weighted by molar-refractivity contribution is 7.25. The van der Waals surface area contributed by atoms with E-state index in [1.807, 2.05) is 11.3 Å². The Balaban J connectivity index is 2.06. The third-order valence-electron chi connectivity index (χ3n) is 4.84. The molecule has 0 aliphatic heterocycles. The molecule has 118 valence electrons. The summed E-state index contributed by atoms with van der Waals surface area (Å²) in [6.45, 7) is 6.86. The number of benzene rings is 3. The molecule has 0 atom stereocenters. The molecule has 0 aliphatic carbocycles. The van der Waals surface area contributed by atoms with E-state index in [1.165, 1.54) is 42.0 Å². The Morgan fingerprint density at radius 1 is 0.667 bits per heavy atom. The smallest absolute Gasteiger partial charge is 0.0503 e. The van der Waals surface area contributed by atoms with Gasteiger partial charge in [0.05, 0.1) is 5.52 Å². The van der Waals surface area contributed by atoms with Crippen LogP contribution in [-0.4, -0.2) is 4.57 Å². The lowest BCUT2D eigenvalue weighted by atomic mass is 10.1. The summed E-state index contributed by atoms with van der Waals surface area (Å²) in [5.74, 6) is 0. The van der Waals surface area contributed by atoms with Crippen LogP contribution in [0.25, 0.3) is 42.0 Å². The Hall–Kier alpha value is -2.32. The normalized spacial score (nSPS) is 12.8. The van der Waals surface area contributed by atoms with Crippen molar-refractivity contribution in [3.05, 3.63) is 60.7 Å². The van der Waals surface area contributed by atoms with Crippen molar-refractivity contribution in [2.24, 2.45) is 0 Å². The van der Waals surface area contributed by atoms with Crippen molar-refractivity contribution in [3.63, 3.8) is 0 Å². The van der Waals surface area contributed by atoms with Gasteiger partial charge in [0.15, 0.2) is 0 Å².